The number of phosphoric acid groups is 1. The van der Waals surface area contributed by atoms with Crippen molar-refractivity contribution < 1.29 is 37.3 Å². The number of unbranched alkanes of at least 4 members (excludes halogenated alkanes) is 15. The molecule has 0 aliphatic rings. The van der Waals surface area contributed by atoms with Gasteiger partial charge in [-0.15, -0.1) is 0 Å². The van der Waals surface area contributed by atoms with Crippen molar-refractivity contribution >= 4 is 13.8 Å². The Morgan fingerprint density at radius 3 is 1.84 bits per heavy atom. The fourth-order valence-corrected chi connectivity index (χ4v) is 5.38. The van der Waals surface area contributed by atoms with Crippen LogP contribution in [-0.2, 0) is 27.9 Å². The first kappa shape index (κ1) is 44.0. The summed E-state index contributed by atoms with van der Waals surface area (Å²) in [6, 6.07) is 0. The van der Waals surface area contributed by atoms with E-state index >= 15 is 0 Å². The van der Waals surface area contributed by atoms with Crippen LogP contribution in [0.3, 0.4) is 0 Å². The van der Waals surface area contributed by atoms with Crippen LogP contribution in [0.5, 0.6) is 0 Å². The molecule has 0 rings (SSSR count). The molecule has 2 unspecified atom stereocenters. The number of rotatable bonds is 33. The van der Waals surface area contributed by atoms with Crippen molar-refractivity contribution in [1.82, 2.24) is 0 Å². The summed E-state index contributed by atoms with van der Waals surface area (Å²) in [4.78, 5) is 22.6. The molecule has 0 aromatic rings. The van der Waals surface area contributed by atoms with E-state index in [2.05, 4.69) is 38.2 Å². The highest BCUT2D eigenvalue weighted by atomic mass is 31.2. The molecular weight excluding hydrogens is 589 g/mol. The van der Waals surface area contributed by atoms with Crippen LogP contribution in [-0.4, -0.2) is 75.6 Å². The Morgan fingerprint density at radius 1 is 0.689 bits per heavy atom. The second kappa shape index (κ2) is 30.3. The molecule has 1 N–H and O–H groups in total. The zero-order valence-corrected chi connectivity index (χ0v) is 30.7. The van der Waals surface area contributed by atoms with Gasteiger partial charge in [0, 0.05) is 13.0 Å². The monoisotopic (exact) mass is 660 g/mol. The van der Waals surface area contributed by atoms with Gasteiger partial charge in [-0.2, -0.15) is 0 Å². The molecule has 0 radical (unpaired) electrons. The SMILES string of the molecule is CCCCC/C=C\C/C=C\CCCCCCCCCC(=O)OC(COCCCCCCCC)COP(=O)(O)OCC[N+](C)(C)C. The van der Waals surface area contributed by atoms with Crippen LogP contribution >= 0.6 is 7.82 Å². The van der Waals surface area contributed by atoms with Gasteiger partial charge in [0.15, 0.2) is 0 Å². The summed E-state index contributed by atoms with van der Waals surface area (Å²) < 4.78 is 34.6. The summed E-state index contributed by atoms with van der Waals surface area (Å²) in [6.07, 6.45) is 30.7. The number of allylic oxidation sites excluding steroid dienone is 4. The number of carbonyl (C=O) groups is 1. The number of likely N-dealkylation sites (N-methyl/N-ethyl adjacent to an activating group) is 1. The normalized spacial score (nSPS) is 14.4. The largest absolute Gasteiger partial charge is 0.472 e. The van der Waals surface area contributed by atoms with Gasteiger partial charge in [0.05, 0.1) is 34.4 Å². The lowest BCUT2D eigenvalue weighted by Crippen LogP contribution is -2.37. The number of esters is 1. The van der Waals surface area contributed by atoms with Gasteiger partial charge in [0.25, 0.3) is 0 Å². The van der Waals surface area contributed by atoms with Crippen molar-refractivity contribution in [2.45, 2.75) is 148 Å². The number of carbonyl (C=O) groups excluding carboxylic acids is 1. The molecule has 0 aromatic heterocycles. The number of quaternary nitrogens is 1. The molecule has 0 heterocycles. The van der Waals surface area contributed by atoms with Crippen molar-refractivity contribution in [3.63, 3.8) is 0 Å². The fraction of sp³-hybridized carbons (Fsp3) is 0.861. The summed E-state index contributed by atoms with van der Waals surface area (Å²) in [6.45, 7) is 5.53. The third-order valence-corrected chi connectivity index (χ3v) is 8.50. The maximum atomic E-state index is 12.5. The summed E-state index contributed by atoms with van der Waals surface area (Å²) >= 11 is 0. The van der Waals surface area contributed by atoms with Crippen LogP contribution in [0.2, 0.25) is 0 Å². The van der Waals surface area contributed by atoms with Crippen molar-refractivity contribution in [3.05, 3.63) is 24.3 Å². The maximum absolute atomic E-state index is 12.5. The molecule has 266 valence electrons. The third-order valence-electron chi connectivity index (χ3n) is 7.52. The minimum Gasteiger partial charge on any atom is -0.457 e. The quantitative estimate of drug-likeness (QED) is 0.0246. The Morgan fingerprint density at radius 2 is 1.22 bits per heavy atom. The molecule has 0 saturated carbocycles. The van der Waals surface area contributed by atoms with Crippen LogP contribution in [0.25, 0.3) is 0 Å². The van der Waals surface area contributed by atoms with E-state index < -0.39 is 13.9 Å². The van der Waals surface area contributed by atoms with E-state index in [1.807, 2.05) is 21.1 Å². The molecule has 0 aliphatic heterocycles. The number of hydrogen-bond donors (Lipinski definition) is 1. The third kappa shape index (κ3) is 34.1. The minimum absolute atomic E-state index is 0.0877. The molecule has 0 aromatic carbocycles. The van der Waals surface area contributed by atoms with E-state index in [4.69, 9.17) is 18.5 Å². The van der Waals surface area contributed by atoms with Crippen molar-refractivity contribution in [2.75, 3.05) is 54.1 Å². The Labute approximate surface area is 277 Å². The number of hydrogen-bond acceptors (Lipinski definition) is 6. The molecule has 9 heteroatoms. The molecule has 0 aliphatic carbocycles. The molecule has 0 amide bonds. The Balaban J connectivity index is 4.21. The van der Waals surface area contributed by atoms with Crippen molar-refractivity contribution in [2.24, 2.45) is 0 Å². The van der Waals surface area contributed by atoms with Gasteiger partial charge >= 0.3 is 13.8 Å². The molecule has 0 bridgehead atoms. The van der Waals surface area contributed by atoms with Crippen molar-refractivity contribution in [1.29, 1.82) is 0 Å². The van der Waals surface area contributed by atoms with Gasteiger partial charge < -0.3 is 18.9 Å². The summed E-state index contributed by atoms with van der Waals surface area (Å²) in [5.41, 5.74) is 0. The van der Waals surface area contributed by atoms with Crippen LogP contribution in [0.1, 0.15) is 142 Å². The highest BCUT2D eigenvalue weighted by Gasteiger charge is 2.26. The number of ether oxygens (including phenoxy) is 2. The summed E-state index contributed by atoms with van der Waals surface area (Å²) in [7, 11) is 1.66. The first-order valence-corrected chi connectivity index (χ1v) is 19.6. The number of phosphoric ester groups is 1. The fourth-order valence-electron chi connectivity index (χ4n) is 4.64. The highest BCUT2D eigenvalue weighted by molar-refractivity contribution is 7.47. The Hall–Kier alpha value is -1.02. The van der Waals surface area contributed by atoms with Gasteiger partial charge in [0.2, 0.25) is 0 Å². The van der Waals surface area contributed by atoms with E-state index in [0.29, 0.717) is 24.1 Å². The van der Waals surface area contributed by atoms with Gasteiger partial charge in [-0.3, -0.25) is 13.8 Å². The predicted molar refractivity (Wildman–Crippen MR) is 187 cm³/mol. The lowest BCUT2D eigenvalue weighted by Gasteiger charge is -2.24. The van der Waals surface area contributed by atoms with Gasteiger partial charge in [-0.25, -0.2) is 4.57 Å². The van der Waals surface area contributed by atoms with Gasteiger partial charge in [0.1, 0.15) is 19.3 Å². The van der Waals surface area contributed by atoms with E-state index in [-0.39, 0.29) is 25.8 Å². The maximum Gasteiger partial charge on any atom is 0.472 e. The molecular formula is C36H71NO7P+. The molecule has 0 spiro atoms. The molecule has 8 nitrogen and oxygen atoms in total. The van der Waals surface area contributed by atoms with E-state index in [1.165, 1.54) is 77.0 Å². The molecule has 2 atom stereocenters. The Kier molecular flexibility index (Phi) is 29.6. The van der Waals surface area contributed by atoms with Crippen LogP contribution < -0.4 is 0 Å². The first-order chi connectivity index (χ1) is 21.6. The van der Waals surface area contributed by atoms with Crippen LogP contribution in [0.4, 0.5) is 0 Å². The number of nitrogens with zero attached hydrogens (tertiary/aromatic N) is 1. The lowest BCUT2D eigenvalue weighted by atomic mass is 10.1. The average molecular weight is 661 g/mol. The first-order valence-electron chi connectivity index (χ1n) is 18.1. The minimum atomic E-state index is -4.26. The van der Waals surface area contributed by atoms with E-state index in [9.17, 15) is 14.3 Å². The highest BCUT2D eigenvalue weighted by Crippen LogP contribution is 2.43. The van der Waals surface area contributed by atoms with Crippen molar-refractivity contribution in [3.8, 4) is 0 Å². The molecule has 45 heavy (non-hydrogen) atoms. The second-order valence-electron chi connectivity index (χ2n) is 13.3. The van der Waals surface area contributed by atoms with E-state index in [1.54, 1.807) is 0 Å². The van der Waals surface area contributed by atoms with E-state index in [0.717, 1.165) is 44.9 Å². The lowest BCUT2D eigenvalue weighted by molar-refractivity contribution is -0.870. The van der Waals surface area contributed by atoms with Gasteiger partial charge in [-0.1, -0.05) is 115 Å². The summed E-state index contributed by atoms with van der Waals surface area (Å²) in [5, 5.41) is 0. The average Bonchev–Trinajstić information content (AvgIpc) is 2.98. The molecule has 0 fully saturated rings. The Bertz CT molecular complexity index is 782. The zero-order valence-electron chi connectivity index (χ0n) is 29.9. The topological polar surface area (TPSA) is 91.3 Å². The molecule has 0 saturated heterocycles. The van der Waals surface area contributed by atoms with Gasteiger partial charge in [-0.05, 0) is 44.9 Å². The van der Waals surface area contributed by atoms with Crippen LogP contribution in [0, 0.1) is 0 Å². The zero-order chi connectivity index (χ0) is 33.5. The standard InChI is InChI=1S/C36H70NO7P/c1-6-8-10-12-14-15-16-17-18-19-20-21-22-23-24-25-27-29-36(38)44-35(33-41-31-28-26-13-11-9-7-2)34-43-45(39,40)42-32-30-37(3,4)5/h14-15,17-18,35H,6-13,16,19-34H2,1-5H3/p+1/b15-14-,18-17-. The summed E-state index contributed by atoms with van der Waals surface area (Å²) in [5.74, 6) is -0.326. The smallest absolute Gasteiger partial charge is 0.457 e. The van der Waals surface area contributed by atoms with Crippen LogP contribution in [0.15, 0.2) is 24.3 Å². The predicted octanol–water partition coefficient (Wildman–Crippen LogP) is 9.71. The second-order valence-corrected chi connectivity index (χ2v) is 14.7.